The normalized spacial score (nSPS) is 16.3. The lowest BCUT2D eigenvalue weighted by molar-refractivity contribution is 0.0783. The van der Waals surface area contributed by atoms with Gasteiger partial charge < -0.3 is 4.90 Å². The summed E-state index contributed by atoms with van der Waals surface area (Å²) < 4.78 is 40.1. The standard InChI is InChI=1S/C19H20BrFN2O3S/c1-12-8-14-9-13(4-7-18(14)23(12)27(3,25)26)19(24)22(2)11-15-10-16(20)5-6-17(15)21/h4-7,9-10,12H,8,11H2,1-3H3. The van der Waals surface area contributed by atoms with Crippen LogP contribution in [0, 0.1) is 5.82 Å². The summed E-state index contributed by atoms with van der Waals surface area (Å²) in [4.78, 5) is 14.2. The molecule has 0 aliphatic carbocycles. The molecule has 2 aromatic carbocycles. The Kier molecular flexibility index (Phi) is 5.31. The molecule has 144 valence electrons. The molecule has 0 radical (unpaired) electrons. The first kappa shape index (κ1) is 19.8. The first-order chi connectivity index (χ1) is 12.6. The van der Waals surface area contributed by atoms with Crippen molar-refractivity contribution in [2.24, 2.45) is 0 Å². The Morgan fingerprint density at radius 3 is 2.67 bits per heavy atom. The monoisotopic (exact) mass is 454 g/mol. The highest BCUT2D eigenvalue weighted by Gasteiger charge is 2.33. The summed E-state index contributed by atoms with van der Waals surface area (Å²) in [6.07, 6.45) is 1.73. The minimum Gasteiger partial charge on any atom is -0.337 e. The topological polar surface area (TPSA) is 57.7 Å². The van der Waals surface area contributed by atoms with E-state index in [1.54, 1.807) is 37.4 Å². The van der Waals surface area contributed by atoms with Crippen molar-refractivity contribution in [3.8, 4) is 0 Å². The molecule has 1 unspecified atom stereocenters. The van der Waals surface area contributed by atoms with Crippen LogP contribution in [0.25, 0.3) is 0 Å². The molecule has 0 spiro atoms. The van der Waals surface area contributed by atoms with Gasteiger partial charge in [0.05, 0.1) is 11.9 Å². The molecule has 1 atom stereocenters. The van der Waals surface area contributed by atoms with Crippen molar-refractivity contribution in [3.05, 3.63) is 63.4 Å². The Bertz CT molecular complexity index is 1010. The maximum absolute atomic E-state index is 14.0. The second kappa shape index (κ2) is 7.24. The van der Waals surface area contributed by atoms with Crippen LogP contribution in [0.2, 0.25) is 0 Å². The van der Waals surface area contributed by atoms with E-state index in [1.807, 2.05) is 6.92 Å². The van der Waals surface area contributed by atoms with E-state index in [-0.39, 0.29) is 24.3 Å². The van der Waals surface area contributed by atoms with Crippen molar-refractivity contribution in [1.82, 2.24) is 4.90 Å². The van der Waals surface area contributed by atoms with Crippen LogP contribution < -0.4 is 4.31 Å². The Morgan fingerprint density at radius 1 is 1.30 bits per heavy atom. The van der Waals surface area contributed by atoms with Gasteiger partial charge in [-0.3, -0.25) is 9.10 Å². The van der Waals surface area contributed by atoms with Crippen molar-refractivity contribution in [3.63, 3.8) is 0 Å². The number of anilines is 1. The molecule has 1 aliphatic heterocycles. The zero-order valence-electron chi connectivity index (χ0n) is 15.2. The molecule has 1 amide bonds. The van der Waals surface area contributed by atoms with E-state index in [0.717, 1.165) is 10.0 Å². The molecular formula is C19H20BrFN2O3S. The first-order valence-corrected chi connectivity index (χ1v) is 11.0. The van der Waals surface area contributed by atoms with Gasteiger partial charge in [0.2, 0.25) is 10.0 Å². The zero-order valence-corrected chi connectivity index (χ0v) is 17.6. The molecule has 1 aliphatic rings. The van der Waals surface area contributed by atoms with E-state index >= 15 is 0 Å². The molecule has 0 N–H and O–H groups in total. The molecule has 1 heterocycles. The predicted octanol–water partition coefficient (Wildman–Crippen LogP) is 3.57. The summed E-state index contributed by atoms with van der Waals surface area (Å²) in [5.74, 6) is -0.618. The molecule has 5 nitrogen and oxygen atoms in total. The third-order valence-electron chi connectivity index (χ3n) is 4.60. The lowest BCUT2D eigenvalue weighted by Gasteiger charge is -2.22. The van der Waals surface area contributed by atoms with Gasteiger partial charge in [0.25, 0.3) is 5.91 Å². The first-order valence-electron chi connectivity index (χ1n) is 8.39. The maximum Gasteiger partial charge on any atom is 0.253 e. The number of rotatable bonds is 4. The van der Waals surface area contributed by atoms with Gasteiger partial charge in [-0.2, -0.15) is 0 Å². The zero-order chi connectivity index (χ0) is 19.9. The molecule has 0 saturated carbocycles. The highest BCUT2D eigenvalue weighted by atomic mass is 79.9. The van der Waals surface area contributed by atoms with E-state index in [0.29, 0.717) is 23.2 Å². The van der Waals surface area contributed by atoms with Gasteiger partial charge in [0.1, 0.15) is 5.82 Å². The smallest absolute Gasteiger partial charge is 0.253 e. The maximum atomic E-state index is 14.0. The number of carbonyl (C=O) groups is 1. The Morgan fingerprint density at radius 2 is 2.00 bits per heavy atom. The van der Waals surface area contributed by atoms with E-state index in [2.05, 4.69) is 15.9 Å². The molecule has 0 fully saturated rings. The van der Waals surface area contributed by atoms with Crippen LogP contribution in [0.5, 0.6) is 0 Å². The van der Waals surface area contributed by atoms with Gasteiger partial charge in [0, 0.05) is 35.2 Å². The quantitative estimate of drug-likeness (QED) is 0.709. The van der Waals surface area contributed by atoms with Crippen LogP contribution >= 0.6 is 15.9 Å². The molecule has 0 saturated heterocycles. The van der Waals surface area contributed by atoms with Crippen molar-refractivity contribution in [2.45, 2.75) is 25.9 Å². The number of halogens is 2. The molecule has 0 aromatic heterocycles. The number of carbonyl (C=O) groups excluding carboxylic acids is 1. The Balaban J connectivity index is 1.84. The molecule has 3 rings (SSSR count). The minimum atomic E-state index is -3.37. The number of sulfonamides is 1. The van der Waals surface area contributed by atoms with Gasteiger partial charge in [0.15, 0.2) is 0 Å². The van der Waals surface area contributed by atoms with Gasteiger partial charge in [-0.1, -0.05) is 15.9 Å². The summed E-state index contributed by atoms with van der Waals surface area (Å²) in [6.45, 7) is 1.97. The third kappa shape index (κ3) is 4.01. The fourth-order valence-electron chi connectivity index (χ4n) is 3.45. The number of hydrogen-bond acceptors (Lipinski definition) is 3. The number of hydrogen-bond donors (Lipinski definition) is 0. The second-order valence-electron chi connectivity index (χ2n) is 6.85. The van der Waals surface area contributed by atoms with Crippen LogP contribution in [0.3, 0.4) is 0 Å². The van der Waals surface area contributed by atoms with E-state index in [9.17, 15) is 17.6 Å². The number of nitrogens with zero attached hydrogens (tertiary/aromatic N) is 2. The van der Waals surface area contributed by atoms with Gasteiger partial charge in [-0.25, -0.2) is 12.8 Å². The van der Waals surface area contributed by atoms with Gasteiger partial charge in [-0.05, 0) is 55.3 Å². The fraction of sp³-hybridized carbons (Fsp3) is 0.316. The summed E-state index contributed by atoms with van der Waals surface area (Å²) in [5.41, 5.74) is 2.30. The summed E-state index contributed by atoms with van der Waals surface area (Å²) in [7, 11) is -1.76. The van der Waals surface area contributed by atoms with Crippen LogP contribution in [0.15, 0.2) is 40.9 Å². The summed E-state index contributed by atoms with van der Waals surface area (Å²) in [5, 5.41) is 0. The largest absolute Gasteiger partial charge is 0.337 e. The summed E-state index contributed by atoms with van der Waals surface area (Å²) >= 11 is 3.31. The van der Waals surface area contributed by atoms with Crippen molar-refractivity contribution < 1.29 is 17.6 Å². The van der Waals surface area contributed by atoms with E-state index in [1.165, 1.54) is 21.5 Å². The lowest BCUT2D eigenvalue weighted by Crippen LogP contribution is -2.34. The van der Waals surface area contributed by atoms with E-state index < -0.39 is 10.0 Å². The lowest BCUT2D eigenvalue weighted by atomic mass is 10.1. The number of benzene rings is 2. The number of fused-ring (bicyclic) bond motifs is 1. The van der Waals surface area contributed by atoms with Crippen LogP contribution in [-0.4, -0.2) is 38.6 Å². The average molecular weight is 455 g/mol. The molecule has 8 heteroatoms. The van der Waals surface area contributed by atoms with Crippen molar-refractivity contribution in [1.29, 1.82) is 0 Å². The van der Waals surface area contributed by atoms with Crippen LogP contribution in [0.1, 0.15) is 28.4 Å². The highest BCUT2D eigenvalue weighted by molar-refractivity contribution is 9.10. The van der Waals surface area contributed by atoms with Gasteiger partial charge in [-0.15, -0.1) is 0 Å². The SMILES string of the molecule is CC1Cc2cc(C(=O)N(C)Cc3cc(Br)ccc3F)ccc2N1S(C)(=O)=O. The Hall–Kier alpha value is -1.93. The molecule has 0 bridgehead atoms. The summed E-state index contributed by atoms with van der Waals surface area (Å²) in [6, 6.07) is 9.44. The predicted molar refractivity (Wildman–Crippen MR) is 107 cm³/mol. The second-order valence-corrected chi connectivity index (χ2v) is 9.63. The van der Waals surface area contributed by atoms with Crippen LogP contribution in [0.4, 0.5) is 10.1 Å². The third-order valence-corrected chi connectivity index (χ3v) is 6.36. The van der Waals surface area contributed by atoms with E-state index in [4.69, 9.17) is 0 Å². The fourth-order valence-corrected chi connectivity index (χ4v) is 5.13. The molecule has 2 aromatic rings. The minimum absolute atomic E-state index is 0.132. The Labute approximate surface area is 167 Å². The van der Waals surface area contributed by atoms with Crippen molar-refractivity contribution >= 4 is 37.5 Å². The van der Waals surface area contributed by atoms with Gasteiger partial charge >= 0.3 is 0 Å². The van der Waals surface area contributed by atoms with Crippen molar-refractivity contribution in [2.75, 3.05) is 17.6 Å². The highest BCUT2D eigenvalue weighted by Crippen LogP contribution is 2.35. The average Bonchev–Trinajstić information content (AvgIpc) is 2.92. The van der Waals surface area contributed by atoms with Crippen LogP contribution in [-0.2, 0) is 23.0 Å². The molecule has 27 heavy (non-hydrogen) atoms. The number of amides is 1. The molecular weight excluding hydrogens is 435 g/mol.